The fourth-order valence-corrected chi connectivity index (χ4v) is 2.23. The number of rotatable bonds is 8. The van der Waals surface area contributed by atoms with E-state index in [1.807, 2.05) is 12.1 Å². The molecule has 1 aliphatic rings. The topological polar surface area (TPSA) is 39.7 Å². The zero-order valence-corrected chi connectivity index (χ0v) is 12.7. The number of nitrogens with one attached hydrogen (secondary N) is 1. The third-order valence-electron chi connectivity index (χ3n) is 3.75. The number of hydrogen-bond donors (Lipinski definition) is 1. The molecule has 0 unspecified atom stereocenters. The quantitative estimate of drug-likeness (QED) is 0.792. The van der Waals surface area contributed by atoms with Crippen LogP contribution in [0.1, 0.15) is 39.2 Å². The first-order valence-corrected chi connectivity index (χ1v) is 7.54. The Labute approximate surface area is 121 Å². The molecule has 1 aliphatic heterocycles. The summed E-state index contributed by atoms with van der Waals surface area (Å²) in [6.07, 6.45) is 2.28. The zero-order chi connectivity index (χ0) is 14.4. The van der Waals surface area contributed by atoms with E-state index in [1.165, 1.54) is 0 Å². The van der Waals surface area contributed by atoms with Gasteiger partial charge < -0.3 is 19.5 Å². The van der Waals surface area contributed by atoms with Crippen LogP contribution in [0, 0.1) is 5.92 Å². The van der Waals surface area contributed by atoms with Crippen molar-refractivity contribution in [2.75, 3.05) is 19.9 Å². The largest absolute Gasteiger partial charge is 0.493 e. The van der Waals surface area contributed by atoms with E-state index < -0.39 is 0 Å². The predicted molar refractivity (Wildman–Crippen MR) is 79.5 cm³/mol. The van der Waals surface area contributed by atoms with E-state index >= 15 is 0 Å². The number of hydrogen-bond acceptors (Lipinski definition) is 4. The van der Waals surface area contributed by atoms with Crippen LogP contribution in [0.3, 0.4) is 0 Å². The first-order valence-electron chi connectivity index (χ1n) is 7.54. The molecule has 0 aromatic heterocycles. The van der Waals surface area contributed by atoms with Crippen LogP contribution < -0.4 is 19.5 Å². The molecule has 0 saturated heterocycles. The SMILES string of the molecule is CCNCc1cc2c(cc1OCC(CC)CC)OCO2. The Hall–Kier alpha value is -1.42. The molecule has 1 aromatic rings. The van der Waals surface area contributed by atoms with Gasteiger partial charge in [0.25, 0.3) is 0 Å². The second-order valence-electron chi connectivity index (χ2n) is 5.09. The maximum Gasteiger partial charge on any atom is 0.231 e. The van der Waals surface area contributed by atoms with Gasteiger partial charge in [-0.1, -0.05) is 33.6 Å². The van der Waals surface area contributed by atoms with E-state index in [4.69, 9.17) is 14.2 Å². The average molecular weight is 279 g/mol. The summed E-state index contributed by atoms with van der Waals surface area (Å²) in [6.45, 7) is 9.27. The van der Waals surface area contributed by atoms with Crippen molar-refractivity contribution in [1.82, 2.24) is 5.32 Å². The monoisotopic (exact) mass is 279 g/mol. The van der Waals surface area contributed by atoms with Gasteiger partial charge in [0.05, 0.1) is 6.61 Å². The first-order chi connectivity index (χ1) is 9.78. The van der Waals surface area contributed by atoms with Crippen LogP contribution in [0.5, 0.6) is 17.2 Å². The fourth-order valence-electron chi connectivity index (χ4n) is 2.23. The molecule has 0 amide bonds. The lowest BCUT2D eigenvalue weighted by atomic mass is 10.1. The normalized spacial score (nSPS) is 13.0. The molecule has 0 spiro atoms. The van der Waals surface area contributed by atoms with Crippen molar-refractivity contribution in [1.29, 1.82) is 0 Å². The van der Waals surface area contributed by atoms with Crippen molar-refractivity contribution < 1.29 is 14.2 Å². The van der Waals surface area contributed by atoms with E-state index in [9.17, 15) is 0 Å². The van der Waals surface area contributed by atoms with Crippen molar-refractivity contribution in [2.45, 2.75) is 40.2 Å². The smallest absolute Gasteiger partial charge is 0.231 e. The van der Waals surface area contributed by atoms with Gasteiger partial charge in [-0.05, 0) is 18.5 Å². The van der Waals surface area contributed by atoms with Crippen molar-refractivity contribution >= 4 is 0 Å². The van der Waals surface area contributed by atoms with Gasteiger partial charge >= 0.3 is 0 Å². The second-order valence-corrected chi connectivity index (χ2v) is 5.09. The molecule has 4 heteroatoms. The van der Waals surface area contributed by atoms with Gasteiger partial charge in [0.15, 0.2) is 11.5 Å². The minimum Gasteiger partial charge on any atom is -0.493 e. The standard InChI is InChI=1S/C16H25NO3/c1-4-12(5-2)10-18-14-8-16-15(19-11-20-16)7-13(14)9-17-6-3/h7-8,12,17H,4-6,9-11H2,1-3H3. The summed E-state index contributed by atoms with van der Waals surface area (Å²) in [5.74, 6) is 3.10. The molecule has 0 fully saturated rings. The van der Waals surface area contributed by atoms with Crippen LogP contribution in [0.4, 0.5) is 0 Å². The van der Waals surface area contributed by atoms with Crippen LogP contribution in [0.25, 0.3) is 0 Å². The third kappa shape index (κ3) is 3.57. The highest BCUT2D eigenvalue weighted by Gasteiger charge is 2.18. The Bertz CT molecular complexity index is 430. The molecule has 4 nitrogen and oxygen atoms in total. The summed E-state index contributed by atoms with van der Waals surface area (Å²) in [6, 6.07) is 3.98. The molecule has 2 rings (SSSR count). The maximum atomic E-state index is 6.03. The van der Waals surface area contributed by atoms with Crippen molar-refractivity contribution in [3.63, 3.8) is 0 Å². The molecule has 1 heterocycles. The molecule has 1 aromatic carbocycles. The molecular formula is C16H25NO3. The van der Waals surface area contributed by atoms with Crippen LogP contribution in [0.15, 0.2) is 12.1 Å². The van der Waals surface area contributed by atoms with Gasteiger partial charge in [0, 0.05) is 18.2 Å². The lowest BCUT2D eigenvalue weighted by molar-refractivity contribution is 0.173. The average Bonchev–Trinajstić information content (AvgIpc) is 2.92. The molecule has 0 aliphatic carbocycles. The van der Waals surface area contributed by atoms with E-state index in [1.54, 1.807) is 0 Å². The third-order valence-corrected chi connectivity index (χ3v) is 3.75. The highest BCUT2D eigenvalue weighted by Crippen LogP contribution is 2.38. The summed E-state index contributed by atoms with van der Waals surface area (Å²) in [5, 5.41) is 3.34. The molecular weight excluding hydrogens is 254 g/mol. The Morgan fingerprint density at radius 1 is 1.15 bits per heavy atom. The minimum atomic E-state index is 0.298. The van der Waals surface area contributed by atoms with E-state index in [0.29, 0.717) is 12.7 Å². The van der Waals surface area contributed by atoms with Crippen molar-refractivity contribution in [3.8, 4) is 17.2 Å². The van der Waals surface area contributed by atoms with E-state index in [-0.39, 0.29) is 0 Å². The highest BCUT2D eigenvalue weighted by molar-refractivity contribution is 5.51. The van der Waals surface area contributed by atoms with Crippen molar-refractivity contribution in [2.24, 2.45) is 5.92 Å². The summed E-state index contributed by atoms with van der Waals surface area (Å²) in [5.41, 5.74) is 1.13. The second kappa shape index (κ2) is 7.39. The van der Waals surface area contributed by atoms with Gasteiger partial charge in [0.2, 0.25) is 6.79 Å². The van der Waals surface area contributed by atoms with Gasteiger partial charge in [-0.2, -0.15) is 0 Å². The molecule has 1 N–H and O–H groups in total. The van der Waals surface area contributed by atoms with Gasteiger partial charge in [-0.15, -0.1) is 0 Å². The van der Waals surface area contributed by atoms with Crippen LogP contribution in [0.2, 0.25) is 0 Å². The number of fused-ring (bicyclic) bond motifs is 1. The summed E-state index contributed by atoms with van der Waals surface area (Å²) in [7, 11) is 0. The van der Waals surface area contributed by atoms with Gasteiger partial charge in [-0.3, -0.25) is 0 Å². The molecule has 0 bridgehead atoms. The predicted octanol–water partition coefficient (Wildman–Crippen LogP) is 3.34. The number of benzene rings is 1. The van der Waals surface area contributed by atoms with E-state index in [0.717, 1.165) is 55.4 Å². The lowest BCUT2D eigenvalue weighted by Gasteiger charge is -2.17. The molecule has 112 valence electrons. The molecule has 0 radical (unpaired) electrons. The maximum absolute atomic E-state index is 6.03. The summed E-state index contributed by atoms with van der Waals surface area (Å²) < 4.78 is 16.9. The van der Waals surface area contributed by atoms with Crippen LogP contribution in [-0.4, -0.2) is 19.9 Å². The van der Waals surface area contributed by atoms with Gasteiger partial charge in [0.1, 0.15) is 5.75 Å². The highest BCUT2D eigenvalue weighted by atomic mass is 16.7. The fraction of sp³-hybridized carbons (Fsp3) is 0.625. The first kappa shape index (κ1) is 15.0. The molecule has 0 saturated carbocycles. The molecule has 0 atom stereocenters. The van der Waals surface area contributed by atoms with Gasteiger partial charge in [-0.25, -0.2) is 0 Å². The Morgan fingerprint density at radius 3 is 2.50 bits per heavy atom. The Kier molecular flexibility index (Phi) is 5.53. The Balaban J connectivity index is 2.12. The van der Waals surface area contributed by atoms with Crippen molar-refractivity contribution in [3.05, 3.63) is 17.7 Å². The molecule has 20 heavy (non-hydrogen) atoms. The lowest BCUT2D eigenvalue weighted by Crippen LogP contribution is -2.15. The van der Waals surface area contributed by atoms with E-state index in [2.05, 4.69) is 26.1 Å². The van der Waals surface area contributed by atoms with Crippen LogP contribution in [-0.2, 0) is 6.54 Å². The van der Waals surface area contributed by atoms with Crippen LogP contribution >= 0.6 is 0 Å². The Morgan fingerprint density at radius 2 is 1.85 bits per heavy atom. The minimum absolute atomic E-state index is 0.298. The zero-order valence-electron chi connectivity index (χ0n) is 12.7. The summed E-state index contributed by atoms with van der Waals surface area (Å²) in [4.78, 5) is 0. The number of ether oxygens (including phenoxy) is 3. The summed E-state index contributed by atoms with van der Waals surface area (Å²) >= 11 is 0.